The first-order chi connectivity index (χ1) is 19.4. The van der Waals surface area contributed by atoms with Crippen molar-refractivity contribution in [3.63, 3.8) is 0 Å². The molecule has 1 amide bonds. The minimum atomic E-state index is -3.51. The summed E-state index contributed by atoms with van der Waals surface area (Å²) < 4.78 is 29.1. The molecule has 3 heterocycles. The van der Waals surface area contributed by atoms with Gasteiger partial charge in [0.05, 0.1) is 15.8 Å². The highest BCUT2D eigenvalue weighted by atomic mass is 32.2. The maximum Gasteiger partial charge on any atom is 0.243 e. The summed E-state index contributed by atoms with van der Waals surface area (Å²) in [5.41, 5.74) is 3.24. The zero-order valence-electron chi connectivity index (χ0n) is 21.8. The molecule has 6 rings (SSSR count). The van der Waals surface area contributed by atoms with Crippen LogP contribution in [0.4, 0.5) is 5.69 Å². The van der Waals surface area contributed by atoms with Gasteiger partial charge in [0.25, 0.3) is 0 Å². The van der Waals surface area contributed by atoms with E-state index in [1.807, 2.05) is 65.2 Å². The van der Waals surface area contributed by atoms with E-state index >= 15 is 0 Å². The average molecular weight is 573 g/mol. The molecular weight excluding hydrogens is 544 g/mol. The molecule has 9 nitrogen and oxygen atoms in total. The number of sulfonamides is 1. The number of aromatic amines is 1. The molecule has 0 unspecified atom stereocenters. The van der Waals surface area contributed by atoms with E-state index in [0.717, 1.165) is 35.1 Å². The summed E-state index contributed by atoms with van der Waals surface area (Å²) in [4.78, 5) is 16.8. The fourth-order valence-electron chi connectivity index (χ4n) is 4.77. The van der Waals surface area contributed by atoms with Gasteiger partial charge in [-0.2, -0.15) is 4.31 Å². The molecule has 5 aromatic rings. The molecule has 0 bridgehead atoms. The molecule has 2 N–H and O–H groups in total. The third-order valence-electron chi connectivity index (χ3n) is 6.89. The summed E-state index contributed by atoms with van der Waals surface area (Å²) in [6.45, 7) is 2.90. The molecule has 0 spiro atoms. The third-order valence-corrected chi connectivity index (χ3v) is 9.85. The number of carbonyl (C=O) groups is 1. The van der Waals surface area contributed by atoms with Gasteiger partial charge in [-0.1, -0.05) is 48.2 Å². The second-order valence-corrected chi connectivity index (χ2v) is 12.9. The van der Waals surface area contributed by atoms with Gasteiger partial charge in [0.2, 0.25) is 15.9 Å². The first-order valence-electron chi connectivity index (χ1n) is 13.1. The highest BCUT2D eigenvalue weighted by Gasteiger charge is 2.27. The Morgan fingerprint density at radius 3 is 2.38 bits per heavy atom. The van der Waals surface area contributed by atoms with Crippen molar-refractivity contribution in [2.75, 3.05) is 18.4 Å². The number of benzene rings is 3. The number of aromatic nitrogens is 4. The maximum absolute atomic E-state index is 13.1. The number of nitrogens with one attached hydrogen (secondary N) is 2. The number of amides is 1. The summed E-state index contributed by atoms with van der Waals surface area (Å²) in [5, 5.41) is 13.0. The molecule has 40 heavy (non-hydrogen) atoms. The first kappa shape index (κ1) is 26.3. The van der Waals surface area contributed by atoms with Gasteiger partial charge in [0, 0.05) is 35.4 Å². The van der Waals surface area contributed by atoms with Crippen LogP contribution in [0, 0.1) is 0 Å². The Balaban J connectivity index is 1.22. The van der Waals surface area contributed by atoms with Crippen molar-refractivity contribution in [3.8, 4) is 17.2 Å². The number of hydrogen-bond acceptors (Lipinski definition) is 6. The van der Waals surface area contributed by atoms with Crippen LogP contribution in [0.25, 0.3) is 28.1 Å². The van der Waals surface area contributed by atoms with Crippen molar-refractivity contribution in [1.82, 2.24) is 24.1 Å². The summed E-state index contributed by atoms with van der Waals surface area (Å²) in [6.07, 6.45) is 1.76. The van der Waals surface area contributed by atoms with Crippen LogP contribution in [0.5, 0.6) is 0 Å². The molecule has 1 aliphatic rings. The lowest BCUT2D eigenvalue weighted by Crippen LogP contribution is -2.27. The summed E-state index contributed by atoms with van der Waals surface area (Å²) in [7, 11) is -3.51. The number of carbonyl (C=O) groups excluding carboxylic acids is 1. The fourth-order valence-corrected chi connectivity index (χ4v) is 7.15. The summed E-state index contributed by atoms with van der Waals surface area (Å²) in [5.74, 6) is 0.419. The number of hydrogen-bond donors (Lipinski definition) is 2. The Morgan fingerprint density at radius 1 is 0.950 bits per heavy atom. The van der Waals surface area contributed by atoms with Gasteiger partial charge in [-0.05, 0) is 68.3 Å². The number of anilines is 1. The standard InChI is InChI=1S/C29H28N6O3S2/c1-20(28(36)30-22-13-15-24(16-14-22)40(37,38)34-17-7-8-18-34)39-29-33-32-27(35(29)23-10-3-2-4-11-23)26-19-21-9-5-6-12-25(21)31-26/h2-6,9-16,19-20,31H,7-8,17-18H2,1H3,(H,30,36)/t20-/m1/s1. The second-order valence-electron chi connectivity index (χ2n) is 9.63. The van der Waals surface area contributed by atoms with E-state index in [9.17, 15) is 13.2 Å². The van der Waals surface area contributed by atoms with E-state index in [2.05, 4.69) is 20.5 Å². The predicted molar refractivity (Wildman–Crippen MR) is 157 cm³/mol. The third kappa shape index (κ3) is 5.15. The van der Waals surface area contributed by atoms with Gasteiger partial charge in [-0.15, -0.1) is 10.2 Å². The molecule has 204 valence electrons. The van der Waals surface area contributed by atoms with E-state index in [1.54, 1.807) is 31.2 Å². The maximum atomic E-state index is 13.1. The van der Waals surface area contributed by atoms with Crippen LogP contribution in [0.15, 0.2) is 95.0 Å². The van der Waals surface area contributed by atoms with E-state index in [-0.39, 0.29) is 10.8 Å². The van der Waals surface area contributed by atoms with E-state index in [4.69, 9.17) is 0 Å². The fraction of sp³-hybridized carbons (Fsp3) is 0.207. The summed E-state index contributed by atoms with van der Waals surface area (Å²) >= 11 is 1.30. The van der Waals surface area contributed by atoms with Crippen LogP contribution in [0.1, 0.15) is 19.8 Å². The predicted octanol–water partition coefficient (Wildman–Crippen LogP) is 5.32. The van der Waals surface area contributed by atoms with Crippen LogP contribution in [-0.4, -0.2) is 56.7 Å². The highest BCUT2D eigenvalue weighted by molar-refractivity contribution is 8.00. The van der Waals surface area contributed by atoms with Crippen molar-refractivity contribution in [2.45, 2.75) is 35.1 Å². The highest BCUT2D eigenvalue weighted by Crippen LogP contribution is 2.32. The van der Waals surface area contributed by atoms with Crippen LogP contribution in [-0.2, 0) is 14.8 Å². The van der Waals surface area contributed by atoms with Crippen molar-refractivity contribution in [1.29, 1.82) is 0 Å². The molecule has 0 aliphatic carbocycles. The number of H-pyrrole nitrogens is 1. The molecule has 3 aromatic carbocycles. The largest absolute Gasteiger partial charge is 0.352 e. The van der Waals surface area contributed by atoms with E-state index in [1.165, 1.54) is 16.1 Å². The second kappa shape index (κ2) is 10.9. The number of rotatable bonds is 8. The molecular formula is C29H28N6O3S2. The molecule has 1 atom stereocenters. The normalized spacial score (nSPS) is 14.9. The van der Waals surface area contributed by atoms with Crippen molar-refractivity contribution >= 4 is 44.3 Å². The molecule has 1 saturated heterocycles. The number of nitrogens with zero attached hydrogens (tertiary/aromatic N) is 4. The number of thioether (sulfide) groups is 1. The Morgan fingerprint density at radius 2 is 1.65 bits per heavy atom. The Hall–Kier alpha value is -3.93. The van der Waals surface area contributed by atoms with Gasteiger partial charge in [0.15, 0.2) is 11.0 Å². The first-order valence-corrected chi connectivity index (χ1v) is 15.4. The Kier molecular flexibility index (Phi) is 7.18. The summed E-state index contributed by atoms with van der Waals surface area (Å²) in [6, 6.07) is 26.2. The monoisotopic (exact) mass is 572 g/mol. The zero-order valence-corrected chi connectivity index (χ0v) is 23.5. The molecule has 2 aromatic heterocycles. The topological polar surface area (TPSA) is 113 Å². The average Bonchev–Trinajstić information content (AvgIpc) is 3.74. The Bertz CT molecular complexity index is 1730. The molecule has 0 saturated carbocycles. The minimum absolute atomic E-state index is 0.227. The number of fused-ring (bicyclic) bond motifs is 1. The lowest BCUT2D eigenvalue weighted by molar-refractivity contribution is -0.115. The van der Waals surface area contributed by atoms with Gasteiger partial charge < -0.3 is 10.3 Å². The smallest absolute Gasteiger partial charge is 0.243 e. The van der Waals surface area contributed by atoms with Gasteiger partial charge >= 0.3 is 0 Å². The molecule has 0 radical (unpaired) electrons. The van der Waals surface area contributed by atoms with Crippen molar-refractivity contribution in [2.24, 2.45) is 0 Å². The van der Waals surface area contributed by atoms with Crippen molar-refractivity contribution < 1.29 is 13.2 Å². The molecule has 11 heteroatoms. The van der Waals surface area contributed by atoms with Gasteiger partial charge in [-0.3, -0.25) is 9.36 Å². The van der Waals surface area contributed by atoms with Crippen LogP contribution in [0.2, 0.25) is 0 Å². The zero-order chi connectivity index (χ0) is 27.7. The van der Waals surface area contributed by atoms with Crippen LogP contribution < -0.4 is 5.32 Å². The van der Waals surface area contributed by atoms with Crippen LogP contribution >= 0.6 is 11.8 Å². The van der Waals surface area contributed by atoms with Gasteiger partial charge in [0.1, 0.15) is 0 Å². The molecule has 1 aliphatic heterocycles. The SMILES string of the molecule is C[C@@H](Sc1nnc(-c2cc3ccccc3[nH]2)n1-c1ccccc1)C(=O)Nc1ccc(S(=O)(=O)N2CCCC2)cc1. The lowest BCUT2D eigenvalue weighted by Gasteiger charge is -2.16. The minimum Gasteiger partial charge on any atom is -0.352 e. The number of para-hydroxylation sites is 2. The van der Waals surface area contributed by atoms with Gasteiger partial charge in [-0.25, -0.2) is 8.42 Å². The lowest BCUT2D eigenvalue weighted by atomic mass is 10.2. The van der Waals surface area contributed by atoms with Crippen LogP contribution in [0.3, 0.4) is 0 Å². The van der Waals surface area contributed by atoms with Crippen molar-refractivity contribution in [3.05, 3.63) is 84.9 Å². The quantitative estimate of drug-likeness (QED) is 0.243. The van der Waals surface area contributed by atoms with E-state index < -0.39 is 15.3 Å². The Labute approximate surface area is 236 Å². The van der Waals surface area contributed by atoms with E-state index in [0.29, 0.717) is 29.8 Å². The molecule has 1 fully saturated rings.